The fourth-order valence-corrected chi connectivity index (χ4v) is 3.26. The molecule has 0 aliphatic carbocycles. The maximum Gasteiger partial charge on any atom is 0.277 e. The van der Waals surface area contributed by atoms with Crippen molar-refractivity contribution in [3.63, 3.8) is 0 Å². The van der Waals surface area contributed by atoms with Crippen LogP contribution in [0, 0.1) is 0 Å². The molecule has 2 heterocycles. The van der Waals surface area contributed by atoms with E-state index in [1.165, 1.54) is 4.90 Å². The van der Waals surface area contributed by atoms with Crippen LogP contribution in [-0.2, 0) is 9.59 Å². The van der Waals surface area contributed by atoms with E-state index in [1.807, 2.05) is 42.5 Å². The zero-order valence-electron chi connectivity index (χ0n) is 13.6. The van der Waals surface area contributed by atoms with Gasteiger partial charge in [0.05, 0.1) is 17.1 Å². The van der Waals surface area contributed by atoms with Crippen LogP contribution in [0.3, 0.4) is 0 Å². The van der Waals surface area contributed by atoms with Crippen molar-refractivity contribution in [3.05, 3.63) is 54.6 Å². The van der Waals surface area contributed by atoms with E-state index in [-0.39, 0.29) is 24.1 Å². The normalized spacial score (nSPS) is 13.2. The van der Waals surface area contributed by atoms with Gasteiger partial charge in [-0.1, -0.05) is 42.1 Å². The van der Waals surface area contributed by atoms with Gasteiger partial charge < -0.3 is 14.6 Å². The van der Waals surface area contributed by atoms with Gasteiger partial charge >= 0.3 is 0 Å². The van der Waals surface area contributed by atoms with Crippen LogP contribution < -0.4 is 10.2 Å². The van der Waals surface area contributed by atoms with Gasteiger partial charge in [0.1, 0.15) is 6.54 Å². The van der Waals surface area contributed by atoms with Crippen LogP contribution in [-0.4, -0.2) is 34.3 Å². The number of aromatic nitrogens is 2. The van der Waals surface area contributed by atoms with Crippen LogP contribution in [0.25, 0.3) is 11.5 Å². The number of benzene rings is 2. The van der Waals surface area contributed by atoms with Gasteiger partial charge in [0.25, 0.3) is 5.22 Å². The number of hydrogen-bond donors (Lipinski definition) is 1. The molecule has 0 spiro atoms. The lowest BCUT2D eigenvalue weighted by molar-refractivity contribution is -0.120. The van der Waals surface area contributed by atoms with E-state index in [1.54, 1.807) is 12.1 Å². The Kier molecular flexibility index (Phi) is 4.40. The summed E-state index contributed by atoms with van der Waals surface area (Å²) in [7, 11) is 0. The minimum Gasteiger partial charge on any atom is -0.411 e. The van der Waals surface area contributed by atoms with Crippen LogP contribution in [0.15, 0.2) is 64.2 Å². The molecule has 0 radical (unpaired) electrons. The van der Waals surface area contributed by atoms with Gasteiger partial charge in [-0.05, 0) is 24.3 Å². The summed E-state index contributed by atoms with van der Waals surface area (Å²) >= 11 is 1.15. The summed E-state index contributed by atoms with van der Waals surface area (Å²) in [4.78, 5) is 25.9. The first-order valence-electron chi connectivity index (χ1n) is 7.92. The van der Waals surface area contributed by atoms with E-state index in [4.69, 9.17) is 4.42 Å². The fourth-order valence-electron chi connectivity index (χ4n) is 2.62. The Morgan fingerprint density at radius 2 is 1.88 bits per heavy atom. The van der Waals surface area contributed by atoms with Gasteiger partial charge in [-0.15, -0.1) is 10.2 Å². The maximum atomic E-state index is 12.6. The molecule has 0 fully saturated rings. The highest BCUT2D eigenvalue weighted by Crippen LogP contribution is 2.30. The van der Waals surface area contributed by atoms with Crippen LogP contribution in [0.1, 0.15) is 0 Å². The molecule has 3 aromatic rings. The molecule has 1 aromatic heterocycles. The van der Waals surface area contributed by atoms with E-state index in [0.29, 0.717) is 22.5 Å². The average molecular weight is 366 g/mol. The van der Waals surface area contributed by atoms with Crippen LogP contribution >= 0.6 is 11.8 Å². The monoisotopic (exact) mass is 366 g/mol. The van der Waals surface area contributed by atoms with Crippen molar-refractivity contribution in [1.29, 1.82) is 0 Å². The predicted molar refractivity (Wildman–Crippen MR) is 97.9 cm³/mol. The number of para-hydroxylation sites is 2. The van der Waals surface area contributed by atoms with Gasteiger partial charge in [0.15, 0.2) is 0 Å². The Balaban J connectivity index is 1.45. The molecule has 7 nitrogen and oxygen atoms in total. The molecule has 8 heteroatoms. The molecular weight excluding hydrogens is 352 g/mol. The van der Waals surface area contributed by atoms with Crippen molar-refractivity contribution in [2.24, 2.45) is 0 Å². The van der Waals surface area contributed by atoms with E-state index < -0.39 is 0 Å². The number of thioether (sulfide) groups is 1. The minimum atomic E-state index is -0.216. The standard InChI is InChI=1S/C18H14N4O3S/c23-15-10-22(14-9-5-4-8-13(14)19-15)16(24)11-26-18-21-20-17(25-18)12-6-2-1-3-7-12/h1-9H,10-11H2,(H,19,23). The first kappa shape index (κ1) is 16.3. The Hall–Kier alpha value is -3.13. The molecule has 130 valence electrons. The maximum absolute atomic E-state index is 12.6. The van der Waals surface area contributed by atoms with Gasteiger partial charge in [-0.3, -0.25) is 9.59 Å². The molecule has 0 atom stereocenters. The highest BCUT2D eigenvalue weighted by Gasteiger charge is 2.26. The molecule has 0 bridgehead atoms. The number of carbonyl (C=O) groups excluding carboxylic acids is 2. The Morgan fingerprint density at radius 1 is 1.12 bits per heavy atom. The number of nitrogens with one attached hydrogen (secondary N) is 1. The Morgan fingerprint density at radius 3 is 2.73 bits per heavy atom. The second kappa shape index (κ2) is 7.01. The van der Waals surface area contributed by atoms with Gasteiger partial charge in [0.2, 0.25) is 17.7 Å². The molecule has 4 rings (SSSR count). The van der Waals surface area contributed by atoms with Crippen molar-refractivity contribution >= 4 is 35.0 Å². The number of carbonyl (C=O) groups is 2. The third-order valence-corrected chi connectivity index (χ3v) is 4.62. The van der Waals surface area contributed by atoms with Gasteiger partial charge in [-0.2, -0.15) is 0 Å². The Bertz CT molecular complexity index is 958. The molecule has 1 aliphatic rings. The van der Waals surface area contributed by atoms with Crippen molar-refractivity contribution in [2.75, 3.05) is 22.5 Å². The molecule has 0 unspecified atom stereocenters. The summed E-state index contributed by atoms with van der Waals surface area (Å²) in [5, 5.41) is 11.0. The number of rotatable bonds is 4. The predicted octanol–water partition coefficient (Wildman–Crippen LogP) is 2.81. The van der Waals surface area contributed by atoms with E-state index in [9.17, 15) is 9.59 Å². The summed E-state index contributed by atoms with van der Waals surface area (Å²) in [5.74, 6) is 0.0871. The van der Waals surface area contributed by atoms with Crippen molar-refractivity contribution in [3.8, 4) is 11.5 Å². The number of fused-ring (bicyclic) bond motifs is 1. The van der Waals surface area contributed by atoms with E-state index in [0.717, 1.165) is 17.3 Å². The van der Waals surface area contributed by atoms with Crippen molar-refractivity contribution in [2.45, 2.75) is 5.22 Å². The largest absolute Gasteiger partial charge is 0.411 e. The second-order valence-electron chi connectivity index (χ2n) is 5.57. The van der Waals surface area contributed by atoms with Crippen molar-refractivity contribution < 1.29 is 14.0 Å². The summed E-state index contributed by atoms with van der Waals surface area (Å²) in [6.45, 7) is -0.00446. The third-order valence-electron chi connectivity index (χ3n) is 3.82. The fraction of sp³-hybridized carbons (Fsp3) is 0.111. The van der Waals surface area contributed by atoms with E-state index >= 15 is 0 Å². The SMILES string of the molecule is O=C1CN(C(=O)CSc2nnc(-c3ccccc3)o2)c2ccccc2N1. The lowest BCUT2D eigenvalue weighted by Gasteiger charge is -2.28. The van der Waals surface area contributed by atoms with Crippen LogP contribution in [0.4, 0.5) is 11.4 Å². The lowest BCUT2D eigenvalue weighted by atomic mass is 10.2. The van der Waals surface area contributed by atoms with Gasteiger partial charge in [0, 0.05) is 5.56 Å². The van der Waals surface area contributed by atoms with Crippen molar-refractivity contribution in [1.82, 2.24) is 10.2 Å². The molecule has 1 aliphatic heterocycles. The smallest absolute Gasteiger partial charge is 0.277 e. The van der Waals surface area contributed by atoms with E-state index in [2.05, 4.69) is 15.5 Å². The first-order valence-corrected chi connectivity index (χ1v) is 8.90. The Labute approximate surface area is 153 Å². The first-order chi connectivity index (χ1) is 12.7. The molecule has 0 saturated carbocycles. The quantitative estimate of drug-likeness (QED) is 0.715. The number of amides is 2. The summed E-state index contributed by atoms with van der Waals surface area (Å²) in [6.07, 6.45) is 0. The molecule has 2 amide bonds. The lowest BCUT2D eigenvalue weighted by Crippen LogP contribution is -2.43. The topological polar surface area (TPSA) is 88.3 Å². The molecule has 0 saturated heterocycles. The zero-order chi connectivity index (χ0) is 17.9. The zero-order valence-corrected chi connectivity index (χ0v) is 14.4. The molecule has 1 N–H and O–H groups in total. The number of hydrogen-bond acceptors (Lipinski definition) is 6. The second-order valence-corrected chi connectivity index (χ2v) is 6.50. The average Bonchev–Trinajstić information content (AvgIpc) is 3.15. The number of nitrogens with zero attached hydrogens (tertiary/aromatic N) is 3. The summed E-state index contributed by atoms with van der Waals surface area (Å²) in [6, 6.07) is 16.6. The highest BCUT2D eigenvalue weighted by molar-refractivity contribution is 7.99. The summed E-state index contributed by atoms with van der Waals surface area (Å²) in [5.41, 5.74) is 2.14. The van der Waals surface area contributed by atoms with Crippen LogP contribution in [0.2, 0.25) is 0 Å². The summed E-state index contributed by atoms with van der Waals surface area (Å²) < 4.78 is 5.59. The molecular formula is C18H14N4O3S. The van der Waals surface area contributed by atoms with Crippen LogP contribution in [0.5, 0.6) is 0 Å². The molecule has 26 heavy (non-hydrogen) atoms. The van der Waals surface area contributed by atoms with Gasteiger partial charge in [-0.25, -0.2) is 0 Å². The minimum absolute atomic E-state index is 0.00446. The highest BCUT2D eigenvalue weighted by atomic mass is 32.2. The molecule has 2 aromatic carbocycles. The third kappa shape index (κ3) is 3.31. The number of anilines is 2.